The molecule has 100 valence electrons. The molecule has 1 aromatic rings. The van der Waals surface area contributed by atoms with Crippen LogP contribution in [-0.4, -0.2) is 16.6 Å². The summed E-state index contributed by atoms with van der Waals surface area (Å²) in [6.45, 7) is 0.440. The van der Waals surface area contributed by atoms with Crippen LogP contribution in [0.4, 0.5) is 4.39 Å². The molecular weight excluding hydrogens is 243 g/mol. The molecule has 1 aliphatic heterocycles. The van der Waals surface area contributed by atoms with Gasteiger partial charge in [0.15, 0.2) is 0 Å². The van der Waals surface area contributed by atoms with Crippen LogP contribution in [0, 0.1) is 11.7 Å². The first-order valence-corrected chi connectivity index (χ1v) is 6.84. The van der Waals surface area contributed by atoms with Crippen molar-refractivity contribution in [1.82, 2.24) is 5.01 Å². The fourth-order valence-corrected chi connectivity index (χ4v) is 2.86. The molecule has 3 nitrogen and oxygen atoms in total. The highest BCUT2D eigenvalue weighted by molar-refractivity contribution is 6.06. The van der Waals surface area contributed by atoms with Crippen molar-refractivity contribution in [2.75, 3.05) is 0 Å². The third kappa shape index (κ3) is 2.67. The highest BCUT2D eigenvalue weighted by Crippen LogP contribution is 2.30. The molecule has 0 atom stereocenters. The summed E-state index contributed by atoms with van der Waals surface area (Å²) in [5.74, 6) is 0.306. The number of halogens is 1. The van der Waals surface area contributed by atoms with Gasteiger partial charge in [-0.2, -0.15) is 5.10 Å². The Bertz CT molecular complexity index is 503. The van der Waals surface area contributed by atoms with Crippen LogP contribution >= 0.6 is 0 Å². The standard InChI is InChI=1S/C15H17FN2O/c16-13-7-5-11(6-8-13)10-18-15(19)9-14(17-18)12-3-1-2-4-12/h5-8,12H,1-4,9-10H2. The zero-order valence-electron chi connectivity index (χ0n) is 10.8. The van der Waals surface area contributed by atoms with Crippen LogP contribution in [0.1, 0.15) is 37.7 Å². The van der Waals surface area contributed by atoms with Crippen LogP contribution in [0.25, 0.3) is 0 Å². The van der Waals surface area contributed by atoms with E-state index in [9.17, 15) is 9.18 Å². The van der Waals surface area contributed by atoms with Gasteiger partial charge in [0.05, 0.1) is 18.7 Å². The second-order valence-electron chi connectivity index (χ2n) is 5.33. The minimum atomic E-state index is -0.258. The number of nitrogens with zero attached hydrogens (tertiary/aromatic N) is 2. The molecule has 1 fully saturated rings. The summed E-state index contributed by atoms with van der Waals surface area (Å²) in [7, 11) is 0. The third-order valence-corrected chi connectivity index (χ3v) is 3.94. The molecule has 3 rings (SSSR count). The van der Waals surface area contributed by atoms with E-state index in [1.807, 2.05) is 0 Å². The van der Waals surface area contributed by atoms with Crippen LogP contribution < -0.4 is 0 Å². The minimum absolute atomic E-state index is 0.0613. The average molecular weight is 260 g/mol. The molecule has 1 saturated carbocycles. The van der Waals surface area contributed by atoms with Crippen LogP contribution in [0.15, 0.2) is 29.4 Å². The van der Waals surface area contributed by atoms with Crippen molar-refractivity contribution in [2.24, 2.45) is 11.0 Å². The maximum absolute atomic E-state index is 12.8. The molecule has 1 amide bonds. The lowest BCUT2D eigenvalue weighted by atomic mass is 10.00. The molecule has 0 bridgehead atoms. The second kappa shape index (κ2) is 5.11. The van der Waals surface area contributed by atoms with E-state index in [4.69, 9.17) is 0 Å². The highest BCUT2D eigenvalue weighted by Gasteiger charge is 2.30. The van der Waals surface area contributed by atoms with Crippen molar-refractivity contribution in [3.8, 4) is 0 Å². The molecule has 1 aromatic carbocycles. The number of carbonyl (C=O) groups excluding carboxylic acids is 1. The summed E-state index contributed by atoms with van der Waals surface area (Å²) in [4.78, 5) is 11.9. The van der Waals surface area contributed by atoms with Gasteiger partial charge in [-0.05, 0) is 36.5 Å². The van der Waals surface area contributed by atoms with Crippen LogP contribution in [0.5, 0.6) is 0 Å². The normalized spacial score (nSPS) is 20.2. The molecule has 1 heterocycles. The maximum atomic E-state index is 12.8. The molecule has 1 aliphatic carbocycles. The molecule has 0 spiro atoms. The summed E-state index contributed by atoms with van der Waals surface area (Å²) >= 11 is 0. The Hall–Kier alpha value is -1.71. The first-order chi connectivity index (χ1) is 9.22. The Morgan fingerprint density at radius 1 is 1.21 bits per heavy atom. The number of hydrazone groups is 1. The van der Waals surface area contributed by atoms with E-state index in [0.29, 0.717) is 18.9 Å². The Balaban J connectivity index is 1.70. The van der Waals surface area contributed by atoms with Crippen molar-refractivity contribution in [3.05, 3.63) is 35.6 Å². The van der Waals surface area contributed by atoms with E-state index in [1.54, 1.807) is 12.1 Å². The van der Waals surface area contributed by atoms with Gasteiger partial charge in [-0.1, -0.05) is 25.0 Å². The highest BCUT2D eigenvalue weighted by atomic mass is 19.1. The van der Waals surface area contributed by atoms with Crippen LogP contribution in [0.3, 0.4) is 0 Å². The van der Waals surface area contributed by atoms with Gasteiger partial charge >= 0.3 is 0 Å². The Morgan fingerprint density at radius 2 is 1.89 bits per heavy atom. The Labute approximate surface area is 112 Å². The monoisotopic (exact) mass is 260 g/mol. The number of hydrogen-bond acceptors (Lipinski definition) is 2. The van der Waals surface area contributed by atoms with E-state index in [1.165, 1.54) is 30.0 Å². The molecule has 0 saturated heterocycles. The fourth-order valence-electron chi connectivity index (χ4n) is 2.86. The molecule has 0 aromatic heterocycles. The topological polar surface area (TPSA) is 32.7 Å². The van der Waals surface area contributed by atoms with E-state index in [2.05, 4.69) is 5.10 Å². The van der Waals surface area contributed by atoms with Gasteiger partial charge in [0.25, 0.3) is 0 Å². The summed E-state index contributed by atoms with van der Waals surface area (Å²) < 4.78 is 12.8. The lowest BCUT2D eigenvalue weighted by Gasteiger charge is -2.11. The quantitative estimate of drug-likeness (QED) is 0.822. The smallest absolute Gasteiger partial charge is 0.248 e. The van der Waals surface area contributed by atoms with Crippen molar-refractivity contribution >= 4 is 11.6 Å². The molecule has 0 radical (unpaired) electrons. The van der Waals surface area contributed by atoms with E-state index in [0.717, 1.165) is 24.1 Å². The molecule has 4 heteroatoms. The summed E-state index contributed by atoms with van der Waals surface area (Å²) in [5.41, 5.74) is 1.95. The number of hydrogen-bond donors (Lipinski definition) is 0. The number of benzene rings is 1. The zero-order valence-corrected chi connectivity index (χ0v) is 10.8. The molecule has 19 heavy (non-hydrogen) atoms. The lowest BCUT2D eigenvalue weighted by Crippen LogP contribution is -2.20. The Kier molecular flexibility index (Phi) is 3.32. The maximum Gasteiger partial charge on any atom is 0.248 e. The molecule has 2 aliphatic rings. The molecule has 0 N–H and O–H groups in total. The van der Waals surface area contributed by atoms with Gasteiger partial charge in [0.2, 0.25) is 5.91 Å². The van der Waals surface area contributed by atoms with Gasteiger partial charge in [-0.25, -0.2) is 9.40 Å². The second-order valence-corrected chi connectivity index (χ2v) is 5.33. The van der Waals surface area contributed by atoms with Gasteiger partial charge in [-0.15, -0.1) is 0 Å². The lowest BCUT2D eigenvalue weighted by molar-refractivity contribution is -0.129. The predicted octanol–water partition coefficient (Wildman–Crippen LogP) is 3.10. The summed E-state index contributed by atoms with van der Waals surface area (Å²) in [6, 6.07) is 6.23. The van der Waals surface area contributed by atoms with Gasteiger partial charge in [0, 0.05) is 0 Å². The van der Waals surface area contributed by atoms with Crippen LogP contribution in [-0.2, 0) is 11.3 Å². The average Bonchev–Trinajstić information content (AvgIpc) is 3.03. The van der Waals surface area contributed by atoms with Gasteiger partial charge in [0.1, 0.15) is 5.82 Å². The Morgan fingerprint density at radius 3 is 2.58 bits per heavy atom. The SMILES string of the molecule is O=C1CC(C2CCCC2)=NN1Cc1ccc(F)cc1. The van der Waals surface area contributed by atoms with Crippen molar-refractivity contribution < 1.29 is 9.18 Å². The van der Waals surface area contributed by atoms with Gasteiger partial charge in [-0.3, -0.25) is 4.79 Å². The van der Waals surface area contributed by atoms with E-state index < -0.39 is 0 Å². The molecule has 0 unspecified atom stereocenters. The van der Waals surface area contributed by atoms with Gasteiger partial charge < -0.3 is 0 Å². The number of amides is 1. The fraction of sp³-hybridized carbons (Fsp3) is 0.467. The predicted molar refractivity (Wildman–Crippen MR) is 71.0 cm³/mol. The van der Waals surface area contributed by atoms with Crippen molar-refractivity contribution in [1.29, 1.82) is 0 Å². The van der Waals surface area contributed by atoms with Crippen molar-refractivity contribution in [3.63, 3.8) is 0 Å². The number of rotatable bonds is 3. The van der Waals surface area contributed by atoms with E-state index in [-0.39, 0.29) is 11.7 Å². The summed E-state index contributed by atoms with van der Waals surface area (Å²) in [5, 5.41) is 6.00. The first kappa shape index (κ1) is 12.3. The first-order valence-electron chi connectivity index (χ1n) is 6.84. The largest absolute Gasteiger partial charge is 0.273 e. The van der Waals surface area contributed by atoms with E-state index >= 15 is 0 Å². The van der Waals surface area contributed by atoms with Crippen LogP contribution in [0.2, 0.25) is 0 Å². The summed E-state index contributed by atoms with van der Waals surface area (Å²) in [6.07, 6.45) is 5.28. The third-order valence-electron chi connectivity index (χ3n) is 3.94. The minimum Gasteiger partial charge on any atom is -0.273 e. The zero-order chi connectivity index (χ0) is 13.2. The molecular formula is C15H17FN2O. The number of carbonyl (C=O) groups is 1. The van der Waals surface area contributed by atoms with Crippen molar-refractivity contribution in [2.45, 2.75) is 38.6 Å².